The average Bonchev–Trinajstić information content (AvgIpc) is 2.62. The molecule has 0 aromatic heterocycles. The molecule has 136 valence electrons. The van der Waals surface area contributed by atoms with E-state index in [9.17, 15) is 25.0 Å². The number of nitro groups is 2. The Morgan fingerprint density at radius 3 is 2.04 bits per heavy atom. The van der Waals surface area contributed by atoms with Gasteiger partial charge in [0.1, 0.15) is 5.75 Å². The van der Waals surface area contributed by atoms with Gasteiger partial charge in [-0.15, -0.1) is 0 Å². The molecule has 0 atom stereocenters. The van der Waals surface area contributed by atoms with Crippen LogP contribution in [0.15, 0.2) is 42.5 Å². The first kappa shape index (κ1) is 18.8. The van der Waals surface area contributed by atoms with Gasteiger partial charge in [0.15, 0.2) is 0 Å². The molecule has 0 aliphatic carbocycles. The van der Waals surface area contributed by atoms with Gasteiger partial charge < -0.3 is 9.64 Å². The first-order chi connectivity index (χ1) is 12.3. The van der Waals surface area contributed by atoms with E-state index < -0.39 is 27.1 Å². The van der Waals surface area contributed by atoms with Crippen LogP contribution in [0.1, 0.15) is 22.8 Å². The third-order valence-electron chi connectivity index (χ3n) is 3.57. The highest BCUT2D eigenvalue weighted by Gasteiger charge is 2.21. The van der Waals surface area contributed by atoms with Crippen LogP contribution in [0.4, 0.5) is 11.4 Å². The second kappa shape index (κ2) is 8.06. The van der Waals surface area contributed by atoms with E-state index in [1.54, 1.807) is 24.3 Å². The van der Waals surface area contributed by atoms with Gasteiger partial charge in [0.2, 0.25) is 0 Å². The van der Waals surface area contributed by atoms with Gasteiger partial charge in [-0.3, -0.25) is 25.0 Å². The van der Waals surface area contributed by atoms with E-state index in [2.05, 4.69) is 0 Å². The van der Waals surface area contributed by atoms with Gasteiger partial charge >= 0.3 is 0 Å². The van der Waals surface area contributed by atoms with E-state index in [0.29, 0.717) is 12.4 Å². The minimum Gasteiger partial charge on any atom is -0.494 e. The molecule has 0 heterocycles. The summed E-state index contributed by atoms with van der Waals surface area (Å²) in [5.74, 6) is 0.158. The molecule has 26 heavy (non-hydrogen) atoms. The number of amides is 1. The summed E-state index contributed by atoms with van der Waals surface area (Å²) in [7, 11) is 1.52. The second-order valence-electron chi connectivity index (χ2n) is 5.49. The van der Waals surface area contributed by atoms with Crippen LogP contribution in [0.3, 0.4) is 0 Å². The van der Waals surface area contributed by atoms with E-state index in [1.165, 1.54) is 11.9 Å². The number of ether oxygens (including phenoxy) is 1. The van der Waals surface area contributed by atoms with Crippen LogP contribution >= 0.6 is 0 Å². The fourth-order valence-electron chi connectivity index (χ4n) is 2.35. The lowest BCUT2D eigenvalue weighted by Gasteiger charge is -2.17. The molecule has 0 unspecified atom stereocenters. The molecule has 1 amide bonds. The molecule has 0 fully saturated rings. The van der Waals surface area contributed by atoms with Crippen LogP contribution in [-0.4, -0.2) is 34.3 Å². The standard InChI is InChI=1S/C17H17N3O6/c1-3-26-16-6-4-12(5-7-16)11-18(2)17(21)13-8-14(19(22)23)10-15(9-13)20(24)25/h4-10H,3,11H2,1-2H3. The molecule has 0 aliphatic heterocycles. The molecule has 0 bridgehead atoms. The molecule has 0 saturated carbocycles. The van der Waals surface area contributed by atoms with Crippen LogP contribution in [0, 0.1) is 20.2 Å². The molecule has 2 aromatic carbocycles. The van der Waals surface area contributed by atoms with Crippen LogP contribution in [0.5, 0.6) is 5.75 Å². The van der Waals surface area contributed by atoms with Crippen molar-refractivity contribution >= 4 is 17.3 Å². The van der Waals surface area contributed by atoms with Crippen molar-refractivity contribution in [2.24, 2.45) is 0 Å². The minimum absolute atomic E-state index is 0.112. The quantitative estimate of drug-likeness (QED) is 0.554. The summed E-state index contributed by atoms with van der Waals surface area (Å²) in [6, 6.07) is 10.0. The Labute approximate surface area is 149 Å². The Kier molecular flexibility index (Phi) is 5.84. The average molecular weight is 359 g/mol. The molecule has 0 saturated heterocycles. The molecular weight excluding hydrogens is 342 g/mol. The Morgan fingerprint density at radius 1 is 1.04 bits per heavy atom. The number of benzene rings is 2. The van der Waals surface area contributed by atoms with Crippen molar-refractivity contribution in [1.82, 2.24) is 4.90 Å². The molecule has 2 aromatic rings. The zero-order valence-electron chi connectivity index (χ0n) is 14.2. The SMILES string of the molecule is CCOc1ccc(CN(C)C(=O)c2cc([N+](=O)[O-])cc([N+](=O)[O-])c2)cc1. The highest BCUT2D eigenvalue weighted by Crippen LogP contribution is 2.24. The highest BCUT2D eigenvalue weighted by molar-refractivity contribution is 5.95. The Bertz CT molecular complexity index is 803. The third kappa shape index (κ3) is 4.53. The predicted molar refractivity (Wildman–Crippen MR) is 93.2 cm³/mol. The van der Waals surface area contributed by atoms with Gasteiger partial charge in [-0.1, -0.05) is 12.1 Å². The van der Waals surface area contributed by atoms with Gasteiger partial charge in [-0.25, -0.2) is 0 Å². The molecule has 0 spiro atoms. The van der Waals surface area contributed by atoms with E-state index >= 15 is 0 Å². The number of nitro benzene ring substituents is 2. The molecule has 2 rings (SSSR count). The fraction of sp³-hybridized carbons (Fsp3) is 0.235. The number of nitrogens with zero attached hydrogens (tertiary/aromatic N) is 3. The molecule has 0 radical (unpaired) electrons. The van der Waals surface area contributed by atoms with E-state index in [4.69, 9.17) is 4.74 Å². The topological polar surface area (TPSA) is 116 Å². The maximum atomic E-state index is 12.5. The zero-order chi connectivity index (χ0) is 19.3. The van der Waals surface area contributed by atoms with Crippen molar-refractivity contribution in [2.45, 2.75) is 13.5 Å². The number of carbonyl (C=O) groups excluding carboxylic acids is 1. The maximum absolute atomic E-state index is 12.5. The largest absolute Gasteiger partial charge is 0.494 e. The Morgan fingerprint density at radius 2 is 1.58 bits per heavy atom. The van der Waals surface area contributed by atoms with Gasteiger partial charge in [-0.2, -0.15) is 0 Å². The van der Waals surface area contributed by atoms with Gasteiger partial charge in [0.25, 0.3) is 17.3 Å². The van der Waals surface area contributed by atoms with Crippen molar-refractivity contribution in [2.75, 3.05) is 13.7 Å². The monoisotopic (exact) mass is 359 g/mol. The van der Waals surface area contributed by atoms with Crippen LogP contribution in [-0.2, 0) is 6.54 Å². The summed E-state index contributed by atoms with van der Waals surface area (Å²) < 4.78 is 5.35. The number of non-ortho nitro benzene ring substituents is 2. The zero-order valence-corrected chi connectivity index (χ0v) is 14.2. The van der Waals surface area contributed by atoms with E-state index in [-0.39, 0.29) is 12.1 Å². The lowest BCUT2D eigenvalue weighted by atomic mass is 10.1. The van der Waals surface area contributed by atoms with Gasteiger partial charge in [0.05, 0.1) is 28.1 Å². The second-order valence-corrected chi connectivity index (χ2v) is 5.49. The van der Waals surface area contributed by atoms with Crippen LogP contribution < -0.4 is 4.74 Å². The van der Waals surface area contributed by atoms with Crippen LogP contribution in [0.2, 0.25) is 0 Å². The molecule has 0 aliphatic rings. The normalized spacial score (nSPS) is 10.2. The highest BCUT2D eigenvalue weighted by atomic mass is 16.6. The predicted octanol–water partition coefficient (Wildman–Crippen LogP) is 3.17. The number of hydrogen-bond donors (Lipinski definition) is 0. The Balaban J connectivity index is 2.21. The molecular formula is C17H17N3O6. The smallest absolute Gasteiger partial charge is 0.277 e. The number of rotatable bonds is 7. The van der Waals surface area contributed by atoms with Crippen molar-refractivity contribution < 1.29 is 19.4 Å². The molecule has 0 N–H and O–H groups in total. The Hall–Kier alpha value is -3.49. The first-order valence-corrected chi connectivity index (χ1v) is 7.73. The summed E-state index contributed by atoms with van der Waals surface area (Å²) in [4.78, 5) is 34.2. The van der Waals surface area contributed by atoms with Crippen molar-refractivity contribution in [3.05, 3.63) is 73.8 Å². The first-order valence-electron chi connectivity index (χ1n) is 7.73. The maximum Gasteiger partial charge on any atom is 0.277 e. The summed E-state index contributed by atoms with van der Waals surface area (Å²) in [5.41, 5.74) is -0.294. The third-order valence-corrected chi connectivity index (χ3v) is 3.57. The number of hydrogen-bond acceptors (Lipinski definition) is 6. The lowest BCUT2D eigenvalue weighted by Crippen LogP contribution is -2.26. The van der Waals surface area contributed by atoms with Crippen molar-refractivity contribution in [1.29, 1.82) is 0 Å². The summed E-state index contributed by atoms with van der Waals surface area (Å²) in [6.07, 6.45) is 0. The van der Waals surface area contributed by atoms with Gasteiger partial charge in [0, 0.05) is 25.7 Å². The minimum atomic E-state index is -0.768. The summed E-state index contributed by atoms with van der Waals surface area (Å²) in [5, 5.41) is 21.9. The molecule has 9 nitrogen and oxygen atoms in total. The van der Waals surface area contributed by atoms with E-state index in [1.807, 2.05) is 6.92 Å². The molecule has 9 heteroatoms. The van der Waals surface area contributed by atoms with Crippen LogP contribution in [0.25, 0.3) is 0 Å². The van der Waals surface area contributed by atoms with Crippen molar-refractivity contribution in [3.63, 3.8) is 0 Å². The number of carbonyl (C=O) groups is 1. The van der Waals surface area contributed by atoms with Crippen molar-refractivity contribution in [3.8, 4) is 5.75 Å². The van der Waals surface area contributed by atoms with Gasteiger partial charge in [-0.05, 0) is 24.6 Å². The summed E-state index contributed by atoms with van der Waals surface area (Å²) >= 11 is 0. The lowest BCUT2D eigenvalue weighted by molar-refractivity contribution is -0.394. The fourth-order valence-corrected chi connectivity index (χ4v) is 2.35. The van der Waals surface area contributed by atoms with E-state index in [0.717, 1.165) is 23.8 Å². The summed E-state index contributed by atoms with van der Waals surface area (Å²) in [6.45, 7) is 2.66.